The molecule has 1 fully saturated rings. The highest BCUT2D eigenvalue weighted by Crippen LogP contribution is 2.29. The molecule has 3 unspecified atom stereocenters. The van der Waals surface area contributed by atoms with Crippen molar-refractivity contribution in [3.8, 4) is 0 Å². The molecule has 2 aromatic carbocycles. The third-order valence-corrected chi connectivity index (χ3v) is 7.77. The summed E-state index contributed by atoms with van der Waals surface area (Å²) in [5.74, 6) is -0.189. The Bertz CT molecular complexity index is 1110. The number of ether oxygens (including phenoxy) is 1. The average Bonchev–Trinajstić information content (AvgIpc) is 2.91. The van der Waals surface area contributed by atoms with Gasteiger partial charge in [0.1, 0.15) is 0 Å². The summed E-state index contributed by atoms with van der Waals surface area (Å²) in [6.07, 6.45) is 0.116. The van der Waals surface area contributed by atoms with Gasteiger partial charge in [-0.1, -0.05) is 47.5 Å². The Kier molecular flexibility index (Phi) is 11.9. The third kappa shape index (κ3) is 8.82. The van der Waals surface area contributed by atoms with Crippen LogP contribution in [0.1, 0.15) is 37.4 Å². The third-order valence-electron chi connectivity index (χ3n) is 7.21. The maximum Gasteiger partial charge on any atom is 0.237 e. The number of halogens is 2. The van der Waals surface area contributed by atoms with Gasteiger partial charge in [0, 0.05) is 61.6 Å². The van der Waals surface area contributed by atoms with E-state index < -0.39 is 6.04 Å². The molecule has 8 nitrogen and oxygen atoms in total. The molecule has 214 valence electrons. The molecule has 2 aromatic rings. The molecular weight excluding hydrogens is 537 g/mol. The van der Waals surface area contributed by atoms with Crippen LogP contribution in [0, 0.1) is 0 Å². The first-order chi connectivity index (χ1) is 18.6. The molecule has 0 aliphatic carbocycles. The molecule has 39 heavy (non-hydrogen) atoms. The number of carbonyl (C=O) groups is 2. The first-order valence-corrected chi connectivity index (χ1v) is 14.1. The van der Waals surface area contributed by atoms with Gasteiger partial charge in [-0.15, -0.1) is 0 Å². The average molecular weight is 579 g/mol. The van der Waals surface area contributed by atoms with Crippen LogP contribution in [0.5, 0.6) is 0 Å². The van der Waals surface area contributed by atoms with Gasteiger partial charge in [-0.05, 0) is 57.3 Å². The molecule has 10 heteroatoms. The van der Waals surface area contributed by atoms with Crippen LogP contribution < -0.4 is 15.5 Å². The predicted octanol–water partition coefficient (Wildman–Crippen LogP) is 3.96. The second-order valence-corrected chi connectivity index (χ2v) is 11.1. The highest BCUT2D eigenvalue weighted by atomic mass is 35.5. The molecule has 0 bridgehead atoms. The molecule has 3 atom stereocenters. The predicted molar refractivity (Wildman–Crippen MR) is 159 cm³/mol. The number of rotatable bonds is 12. The van der Waals surface area contributed by atoms with Crippen LogP contribution in [0.3, 0.4) is 0 Å². The van der Waals surface area contributed by atoms with Crippen LogP contribution in [-0.4, -0.2) is 87.7 Å². The van der Waals surface area contributed by atoms with Crippen molar-refractivity contribution < 1.29 is 14.3 Å². The number of nitrogens with zero attached hydrogens (tertiary/aromatic N) is 3. The second kappa shape index (κ2) is 14.9. The first kappa shape index (κ1) is 31.2. The number of carbonyl (C=O) groups excluding carboxylic acids is 2. The molecule has 3 rings (SSSR count). The van der Waals surface area contributed by atoms with E-state index in [4.69, 9.17) is 27.9 Å². The van der Waals surface area contributed by atoms with Crippen LogP contribution in [0.2, 0.25) is 10.0 Å². The number of piperazine rings is 1. The Morgan fingerprint density at radius 1 is 1.05 bits per heavy atom. The minimum atomic E-state index is -0.559. The van der Waals surface area contributed by atoms with E-state index in [1.54, 1.807) is 25.3 Å². The van der Waals surface area contributed by atoms with Crippen LogP contribution in [0.4, 0.5) is 5.69 Å². The summed E-state index contributed by atoms with van der Waals surface area (Å²) in [7, 11) is 5.39. The number of likely N-dealkylation sites (N-methyl/N-ethyl adjacent to an activating group) is 1. The Morgan fingerprint density at radius 2 is 1.74 bits per heavy atom. The van der Waals surface area contributed by atoms with Gasteiger partial charge in [0.25, 0.3) is 0 Å². The first-order valence-electron chi connectivity index (χ1n) is 13.3. The summed E-state index contributed by atoms with van der Waals surface area (Å²) >= 11 is 12.6. The number of benzene rings is 2. The van der Waals surface area contributed by atoms with Crippen molar-refractivity contribution in [3.05, 3.63) is 63.6 Å². The molecule has 0 spiro atoms. The molecular formula is C29H41Cl2N5O3. The highest BCUT2D eigenvalue weighted by molar-refractivity contribution is 6.35. The Hall–Kier alpha value is -2.36. The van der Waals surface area contributed by atoms with Gasteiger partial charge in [0.2, 0.25) is 11.8 Å². The van der Waals surface area contributed by atoms with Gasteiger partial charge in [0.15, 0.2) is 0 Å². The standard InChI is InChI=1S/C29H41Cl2N5O3/c1-20(19-39-5)32-18-22-8-6-7-9-27(22)35-12-14-36(15-13-35)28(37)17-26(33-29(38)21(2)34(3)4)24-11-10-23(30)16-25(24)31/h6-11,16,20-21,26,32H,12-15,17-19H2,1-5H3,(H,33,38). The lowest BCUT2D eigenvalue weighted by atomic mass is 10.0. The second-order valence-electron chi connectivity index (χ2n) is 10.3. The van der Waals surface area contributed by atoms with Crippen molar-refractivity contribution in [2.24, 2.45) is 0 Å². The van der Waals surface area contributed by atoms with E-state index in [2.05, 4.69) is 40.7 Å². The number of hydrogen-bond acceptors (Lipinski definition) is 6. The highest BCUT2D eigenvalue weighted by Gasteiger charge is 2.28. The Morgan fingerprint density at radius 3 is 2.38 bits per heavy atom. The quantitative estimate of drug-likeness (QED) is 0.397. The minimum absolute atomic E-state index is 0.0215. The summed E-state index contributed by atoms with van der Waals surface area (Å²) < 4.78 is 5.23. The van der Waals surface area contributed by atoms with Crippen molar-refractivity contribution in [1.29, 1.82) is 0 Å². The van der Waals surface area contributed by atoms with E-state index in [1.165, 1.54) is 11.3 Å². The SMILES string of the molecule is COCC(C)NCc1ccccc1N1CCN(C(=O)CC(NC(=O)C(C)N(C)C)c2ccc(Cl)cc2Cl)CC1. The molecule has 0 saturated carbocycles. The Labute approximate surface area is 242 Å². The van der Waals surface area contributed by atoms with Crippen molar-refractivity contribution >= 4 is 40.7 Å². The monoisotopic (exact) mass is 577 g/mol. The molecule has 0 radical (unpaired) electrons. The lowest BCUT2D eigenvalue weighted by Crippen LogP contribution is -2.50. The molecule has 2 amide bonds. The Balaban J connectivity index is 1.66. The van der Waals surface area contributed by atoms with Gasteiger partial charge in [-0.2, -0.15) is 0 Å². The summed E-state index contributed by atoms with van der Waals surface area (Å²) in [6, 6.07) is 12.8. The van der Waals surface area contributed by atoms with E-state index in [-0.39, 0.29) is 30.3 Å². The van der Waals surface area contributed by atoms with Crippen molar-refractivity contribution in [3.63, 3.8) is 0 Å². The van der Waals surface area contributed by atoms with Gasteiger partial charge < -0.3 is 25.2 Å². The molecule has 1 aliphatic heterocycles. The largest absolute Gasteiger partial charge is 0.383 e. The van der Waals surface area contributed by atoms with Gasteiger partial charge in [-0.25, -0.2) is 0 Å². The van der Waals surface area contributed by atoms with E-state index >= 15 is 0 Å². The minimum Gasteiger partial charge on any atom is -0.383 e. The van der Waals surface area contributed by atoms with E-state index in [9.17, 15) is 9.59 Å². The summed E-state index contributed by atoms with van der Waals surface area (Å²) in [5, 5.41) is 7.47. The fourth-order valence-corrected chi connectivity index (χ4v) is 5.15. The van der Waals surface area contributed by atoms with E-state index in [0.29, 0.717) is 35.3 Å². The summed E-state index contributed by atoms with van der Waals surface area (Å²) in [4.78, 5) is 32.4. The molecule has 1 heterocycles. The zero-order valence-electron chi connectivity index (χ0n) is 23.5. The fourth-order valence-electron chi connectivity index (χ4n) is 4.61. The topological polar surface area (TPSA) is 77.1 Å². The number of nitrogens with one attached hydrogen (secondary N) is 2. The zero-order chi connectivity index (χ0) is 28.5. The van der Waals surface area contributed by atoms with E-state index in [0.717, 1.165) is 19.6 Å². The maximum absolute atomic E-state index is 13.4. The van der Waals surface area contributed by atoms with Gasteiger partial charge in [0.05, 0.1) is 25.1 Å². The van der Waals surface area contributed by atoms with Crippen molar-refractivity contribution in [2.75, 3.05) is 58.9 Å². The number of hydrogen-bond donors (Lipinski definition) is 2. The van der Waals surface area contributed by atoms with E-state index in [1.807, 2.05) is 36.9 Å². The van der Waals surface area contributed by atoms with Crippen molar-refractivity contribution in [2.45, 2.75) is 44.9 Å². The van der Waals surface area contributed by atoms with Gasteiger partial charge in [-0.3, -0.25) is 14.5 Å². The number of anilines is 1. The molecule has 1 aliphatic rings. The summed E-state index contributed by atoms with van der Waals surface area (Å²) in [5.41, 5.74) is 3.07. The van der Waals surface area contributed by atoms with Crippen molar-refractivity contribution in [1.82, 2.24) is 20.4 Å². The summed E-state index contributed by atoms with van der Waals surface area (Å²) in [6.45, 7) is 7.98. The lowest BCUT2D eigenvalue weighted by molar-refractivity contribution is -0.132. The molecule has 0 aromatic heterocycles. The van der Waals surface area contributed by atoms with Crippen LogP contribution in [0.15, 0.2) is 42.5 Å². The fraction of sp³-hybridized carbons (Fsp3) is 0.517. The zero-order valence-corrected chi connectivity index (χ0v) is 25.1. The number of para-hydroxylation sites is 1. The van der Waals surface area contributed by atoms with Crippen LogP contribution >= 0.6 is 23.2 Å². The van der Waals surface area contributed by atoms with Crippen LogP contribution in [-0.2, 0) is 20.9 Å². The number of methoxy groups -OCH3 is 1. The molecule has 1 saturated heterocycles. The number of amides is 2. The molecule has 2 N–H and O–H groups in total. The maximum atomic E-state index is 13.4. The van der Waals surface area contributed by atoms with Gasteiger partial charge >= 0.3 is 0 Å². The normalized spacial score (nSPS) is 16.2. The van der Waals surface area contributed by atoms with Crippen LogP contribution in [0.25, 0.3) is 0 Å². The lowest BCUT2D eigenvalue weighted by Gasteiger charge is -2.38. The smallest absolute Gasteiger partial charge is 0.237 e.